The summed E-state index contributed by atoms with van der Waals surface area (Å²) in [4.78, 5) is 7.46. The van der Waals surface area contributed by atoms with E-state index in [1.165, 1.54) is 42.5 Å². The molecule has 1 atom stereocenters. The second kappa shape index (κ2) is 6.78. The number of anilines is 1. The van der Waals surface area contributed by atoms with Crippen molar-refractivity contribution in [1.82, 2.24) is 4.98 Å². The molecular formula is C18H23BrN2. The van der Waals surface area contributed by atoms with E-state index in [4.69, 9.17) is 4.98 Å². The maximum absolute atomic E-state index is 4.96. The van der Waals surface area contributed by atoms with Crippen molar-refractivity contribution in [3.63, 3.8) is 0 Å². The predicted molar refractivity (Wildman–Crippen MR) is 94.2 cm³/mol. The van der Waals surface area contributed by atoms with Gasteiger partial charge in [-0.3, -0.25) is 0 Å². The number of para-hydroxylation sites is 1. The predicted octanol–water partition coefficient (Wildman–Crippen LogP) is 5.15. The van der Waals surface area contributed by atoms with Crippen molar-refractivity contribution in [2.75, 3.05) is 18.0 Å². The number of benzene rings is 1. The fraction of sp³-hybridized carbons (Fsp3) is 0.500. The second-order valence-corrected chi connectivity index (χ2v) is 6.55. The number of pyridine rings is 1. The van der Waals surface area contributed by atoms with Crippen LogP contribution < -0.4 is 4.90 Å². The number of halogens is 1. The summed E-state index contributed by atoms with van der Waals surface area (Å²) in [5.74, 6) is 2.07. The van der Waals surface area contributed by atoms with Crippen LogP contribution in [0.15, 0.2) is 30.3 Å². The van der Waals surface area contributed by atoms with Gasteiger partial charge in [0.05, 0.1) is 5.52 Å². The topological polar surface area (TPSA) is 16.1 Å². The number of hydrogen-bond donors (Lipinski definition) is 0. The Bertz CT molecular complexity index is 611. The van der Waals surface area contributed by atoms with Crippen LogP contribution in [0.25, 0.3) is 10.9 Å². The molecule has 0 spiro atoms. The maximum Gasteiger partial charge on any atom is 0.133 e. The van der Waals surface area contributed by atoms with Gasteiger partial charge in [-0.05, 0) is 37.3 Å². The summed E-state index contributed by atoms with van der Waals surface area (Å²) in [6, 6.07) is 10.7. The number of fused-ring (bicyclic) bond motifs is 1. The minimum Gasteiger partial charge on any atom is -0.356 e. The van der Waals surface area contributed by atoms with Crippen LogP contribution in [0.2, 0.25) is 0 Å². The molecule has 1 fully saturated rings. The molecule has 1 aliphatic heterocycles. The first-order valence-corrected chi connectivity index (χ1v) is 9.13. The van der Waals surface area contributed by atoms with Gasteiger partial charge >= 0.3 is 0 Å². The van der Waals surface area contributed by atoms with E-state index in [2.05, 4.69) is 58.1 Å². The summed E-state index contributed by atoms with van der Waals surface area (Å²) >= 11 is 3.64. The molecule has 0 amide bonds. The average molecular weight is 347 g/mol. The summed E-state index contributed by atoms with van der Waals surface area (Å²) in [7, 11) is 0. The van der Waals surface area contributed by atoms with Gasteiger partial charge in [-0.25, -0.2) is 4.98 Å². The van der Waals surface area contributed by atoms with Crippen LogP contribution in [0.5, 0.6) is 0 Å². The van der Waals surface area contributed by atoms with Crippen LogP contribution in [0.1, 0.15) is 38.2 Å². The molecule has 2 aromatic rings. The summed E-state index contributed by atoms with van der Waals surface area (Å²) < 4.78 is 0. The Hall–Kier alpha value is -1.09. The molecule has 3 heteroatoms. The van der Waals surface area contributed by atoms with Crippen molar-refractivity contribution < 1.29 is 0 Å². The smallest absolute Gasteiger partial charge is 0.133 e. The Morgan fingerprint density at radius 1 is 1.24 bits per heavy atom. The maximum atomic E-state index is 4.96. The van der Waals surface area contributed by atoms with E-state index in [0.717, 1.165) is 29.9 Å². The third-order valence-electron chi connectivity index (χ3n) is 4.65. The molecule has 1 aromatic heterocycles. The van der Waals surface area contributed by atoms with Gasteiger partial charge < -0.3 is 4.90 Å². The first kappa shape index (κ1) is 14.8. The highest BCUT2D eigenvalue weighted by Crippen LogP contribution is 2.29. The first-order valence-electron chi connectivity index (χ1n) is 8.01. The number of aromatic nitrogens is 1. The molecule has 1 aliphatic rings. The fourth-order valence-corrected chi connectivity index (χ4v) is 3.72. The minimum absolute atomic E-state index is 0.869. The molecular weight excluding hydrogens is 324 g/mol. The second-order valence-electron chi connectivity index (χ2n) is 5.99. The Labute approximate surface area is 135 Å². The molecule has 0 N–H and O–H groups in total. The van der Waals surface area contributed by atoms with Gasteiger partial charge in [0.25, 0.3) is 0 Å². The zero-order valence-electron chi connectivity index (χ0n) is 12.7. The number of rotatable bonds is 3. The minimum atomic E-state index is 0.869. The molecule has 0 aliphatic carbocycles. The molecule has 0 radical (unpaired) electrons. The molecule has 1 aromatic carbocycles. The van der Waals surface area contributed by atoms with E-state index in [0.29, 0.717) is 0 Å². The van der Waals surface area contributed by atoms with Gasteiger partial charge in [-0.15, -0.1) is 0 Å². The fourth-order valence-electron chi connectivity index (χ4n) is 3.31. The summed E-state index contributed by atoms with van der Waals surface area (Å²) in [6.07, 6.45) is 5.26. The molecule has 3 rings (SSSR count). The number of nitrogens with zero attached hydrogens (tertiary/aromatic N) is 2. The van der Waals surface area contributed by atoms with Gasteiger partial charge in [-0.2, -0.15) is 0 Å². The largest absolute Gasteiger partial charge is 0.356 e. The van der Waals surface area contributed by atoms with Crippen LogP contribution in [0.3, 0.4) is 0 Å². The number of alkyl halides is 1. The Balaban J connectivity index is 1.94. The highest BCUT2D eigenvalue weighted by atomic mass is 79.9. The summed E-state index contributed by atoms with van der Waals surface area (Å²) in [5, 5.41) is 2.10. The number of hydrogen-bond acceptors (Lipinski definition) is 2. The van der Waals surface area contributed by atoms with Crippen molar-refractivity contribution in [3.05, 3.63) is 35.9 Å². The van der Waals surface area contributed by atoms with Gasteiger partial charge in [-0.1, -0.05) is 47.5 Å². The van der Waals surface area contributed by atoms with Crippen LogP contribution >= 0.6 is 15.9 Å². The van der Waals surface area contributed by atoms with Gasteiger partial charge in [0.15, 0.2) is 0 Å². The highest BCUT2D eigenvalue weighted by molar-refractivity contribution is 9.08. The molecule has 2 nitrogen and oxygen atoms in total. The van der Waals surface area contributed by atoms with Crippen LogP contribution in [-0.2, 0) is 5.33 Å². The molecule has 1 saturated heterocycles. The molecule has 21 heavy (non-hydrogen) atoms. The quantitative estimate of drug-likeness (QED) is 0.714. The summed E-state index contributed by atoms with van der Waals surface area (Å²) in [5.41, 5.74) is 2.41. The van der Waals surface area contributed by atoms with Crippen molar-refractivity contribution in [1.29, 1.82) is 0 Å². The third kappa shape index (κ3) is 3.23. The van der Waals surface area contributed by atoms with E-state index in [1.807, 2.05) is 0 Å². The van der Waals surface area contributed by atoms with Gasteiger partial charge in [0.1, 0.15) is 5.82 Å². The monoisotopic (exact) mass is 346 g/mol. The van der Waals surface area contributed by atoms with Gasteiger partial charge in [0, 0.05) is 29.4 Å². The standard InChI is InChI=1S/C18H23BrN2/c1-2-14-6-5-10-21(11-9-14)18-16(13-19)12-15-7-3-4-8-17(15)20-18/h3-4,7-8,12,14H,2,5-6,9-11,13H2,1H3. The lowest BCUT2D eigenvalue weighted by Gasteiger charge is -2.24. The van der Waals surface area contributed by atoms with Crippen LogP contribution in [-0.4, -0.2) is 18.1 Å². The van der Waals surface area contributed by atoms with Crippen molar-refractivity contribution in [3.8, 4) is 0 Å². The van der Waals surface area contributed by atoms with E-state index < -0.39 is 0 Å². The lowest BCUT2D eigenvalue weighted by atomic mass is 9.98. The Morgan fingerprint density at radius 3 is 2.90 bits per heavy atom. The van der Waals surface area contributed by atoms with E-state index in [9.17, 15) is 0 Å². The average Bonchev–Trinajstić information content (AvgIpc) is 2.79. The highest BCUT2D eigenvalue weighted by Gasteiger charge is 2.19. The molecule has 112 valence electrons. The molecule has 1 unspecified atom stereocenters. The third-order valence-corrected chi connectivity index (χ3v) is 5.25. The van der Waals surface area contributed by atoms with Gasteiger partial charge in [0.2, 0.25) is 0 Å². The molecule has 0 bridgehead atoms. The SMILES string of the molecule is CCC1CCCN(c2nc3ccccc3cc2CBr)CC1. The van der Waals surface area contributed by atoms with E-state index in [-0.39, 0.29) is 0 Å². The lowest BCUT2D eigenvalue weighted by Crippen LogP contribution is -2.26. The molecule has 2 heterocycles. The van der Waals surface area contributed by atoms with Crippen molar-refractivity contribution >= 4 is 32.7 Å². The normalized spacial score (nSPS) is 19.7. The zero-order chi connectivity index (χ0) is 14.7. The van der Waals surface area contributed by atoms with E-state index >= 15 is 0 Å². The van der Waals surface area contributed by atoms with Crippen LogP contribution in [0.4, 0.5) is 5.82 Å². The lowest BCUT2D eigenvalue weighted by molar-refractivity contribution is 0.459. The zero-order valence-corrected chi connectivity index (χ0v) is 14.3. The van der Waals surface area contributed by atoms with Crippen LogP contribution in [0, 0.1) is 5.92 Å². The van der Waals surface area contributed by atoms with Crippen molar-refractivity contribution in [2.45, 2.75) is 37.9 Å². The summed E-state index contributed by atoms with van der Waals surface area (Å²) in [6.45, 7) is 4.60. The van der Waals surface area contributed by atoms with Crippen molar-refractivity contribution in [2.24, 2.45) is 5.92 Å². The first-order chi connectivity index (χ1) is 10.3. The van der Waals surface area contributed by atoms with E-state index in [1.54, 1.807) is 0 Å². The molecule has 0 saturated carbocycles. The Morgan fingerprint density at radius 2 is 2.10 bits per heavy atom. The Kier molecular flexibility index (Phi) is 4.79.